The number of carbonyl (C=O) groups excluding carboxylic acids is 1. The SMILES string of the molecule is CCCCCC(=O)NC1(CO)CCOCC1. The number of hydrogen-bond acceptors (Lipinski definition) is 3. The first-order valence-electron chi connectivity index (χ1n) is 6.22. The van der Waals surface area contributed by atoms with Crippen LogP contribution in [0.3, 0.4) is 0 Å². The highest BCUT2D eigenvalue weighted by Crippen LogP contribution is 2.20. The van der Waals surface area contributed by atoms with Gasteiger partial charge in [-0.1, -0.05) is 19.8 Å². The lowest BCUT2D eigenvalue weighted by molar-refractivity contribution is -0.125. The largest absolute Gasteiger partial charge is 0.394 e. The van der Waals surface area contributed by atoms with Gasteiger partial charge in [-0.3, -0.25) is 4.79 Å². The van der Waals surface area contributed by atoms with Crippen LogP contribution in [0, 0.1) is 0 Å². The van der Waals surface area contributed by atoms with E-state index in [1.807, 2.05) is 0 Å². The van der Waals surface area contributed by atoms with Gasteiger partial charge in [0.1, 0.15) is 0 Å². The molecule has 4 nitrogen and oxygen atoms in total. The molecule has 0 atom stereocenters. The van der Waals surface area contributed by atoms with Crippen LogP contribution < -0.4 is 5.32 Å². The maximum absolute atomic E-state index is 11.7. The second kappa shape index (κ2) is 6.86. The number of nitrogens with one attached hydrogen (secondary N) is 1. The van der Waals surface area contributed by atoms with Crippen molar-refractivity contribution >= 4 is 5.91 Å². The Labute approximate surface area is 97.4 Å². The van der Waals surface area contributed by atoms with Crippen molar-refractivity contribution in [2.24, 2.45) is 0 Å². The van der Waals surface area contributed by atoms with Gasteiger partial charge in [0, 0.05) is 19.6 Å². The second-order valence-corrected chi connectivity index (χ2v) is 4.56. The molecule has 0 aromatic heterocycles. The molecule has 0 saturated carbocycles. The molecule has 4 heteroatoms. The molecule has 1 rings (SSSR count). The molecule has 1 amide bonds. The number of aliphatic hydroxyl groups excluding tert-OH is 1. The molecule has 0 radical (unpaired) electrons. The molecule has 94 valence electrons. The summed E-state index contributed by atoms with van der Waals surface area (Å²) in [4.78, 5) is 11.7. The third-order valence-electron chi connectivity index (χ3n) is 3.16. The molecule has 0 aromatic carbocycles. The Kier molecular flexibility index (Phi) is 5.77. The van der Waals surface area contributed by atoms with Crippen LogP contribution in [-0.4, -0.2) is 36.4 Å². The van der Waals surface area contributed by atoms with E-state index in [0.717, 1.165) is 19.3 Å². The first-order chi connectivity index (χ1) is 7.72. The summed E-state index contributed by atoms with van der Waals surface area (Å²) in [6.07, 6.45) is 5.12. The monoisotopic (exact) mass is 229 g/mol. The van der Waals surface area contributed by atoms with E-state index >= 15 is 0 Å². The number of aliphatic hydroxyl groups is 1. The fraction of sp³-hybridized carbons (Fsp3) is 0.917. The molecule has 16 heavy (non-hydrogen) atoms. The molecule has 0 unspecified atom stereocenters. The Morgan fingerprint density at radius 2 is 2.06 bits per heavy atom. The molecule has 2 N–H and O–H groups in total. The first-order valence-corrected chi connectivity index (χ1v) is 6.22. The van der Waals surface area contributed by atoms with Crippen molar-refractivity contribution in [2.45, 2.75) is 51.0 Å². The summed E-state index contributed by atoms with van der Waals surface area (Å²) in [5.74, 6) is 0.0596. The Hall–Kier alpha value is -0.610. The molecule has 1 aliphatic heterocycles. The topological polar surface area (TPSA) is 58.6 Å². The Morgan fingerprint density at radius 1 is 1.38 bits per heavy atom. The quantitative estimate of drug-likeness (QED) is 0.673. The van der Waals surface area contributed by atoms with Crippen LogP contribution in [0.4, 0.5) is 0 Å². The average molecular weight is 229 g/mol. The number of hydrogen-bond donors (Lipinski definition) is 2. The van der Waals surface area contributed by atoms with Crippen LogP contribution in [0.1, 0.15) is 45.4 Å². The number of rotatable bonds is 6. The van der Waals surface area contributed by atoms with Gasteiger partial charge in [0.05, 0.1) is 12.1 Å². The van der Waals surface area contributed by atoms with E-state index < -0.39 is 5.54 Å². The molecule has 0 spiro atoms. The lowest BCUT2D eigenvalue weighted by Gasteiger charge is -2.36. The molecule has 1 fully saturated rings. The Balaban J connectivity index is 2.33. The zero-order valence-corrected chi connectivity index (χ0v) is 10.1. The van der Waals surface area contributed by atoms with Gasteiger partial charge in [0.25, 0.3) is 0 Å². The van der Waals surface area contributed by atoms with Gasteiger partial charge in [-0.05, 0) is 19.3 Å². The number of amides is 1. The van der Waals surface area contributed by atoms with E-state index in [9.17, 15) is 9.90 Å². The average Bonchev–Trinajstić information content (AvgIpc) is 2.30. The third kappa shape index (κ3) is 4.10. The summed E-state index contributed by atoms with van der Waals surface area (Å²) in [5, 5.41) is 12.4. The Morgan fingerprint density at radius 3 is 2.62 bits per heavy atom. The predicted molar refractivity (Wildman–Crippen MR) is 62.2 cm³/mol. The van der Waals surface area contributed by atoms with Crippen LogP contribution in [0.5, 0.6) is 0 Å². The minimum Gasteiger partial charge on any atom is -0.394 e. The summed E-state index contributed by atoms with van der Waals surface area (Å²) in [7, 11) is 0. The molecule has 0 bridgehead atoms. The fourth-order valence-electron chi connectivity index (χ4n) is 1.98. The zero-order chi connectivity index (χ0) is 11.9. The molecule has 1 heterocycles. The molecule has 0 aromatic rings. The molecule has 1 saturated heterocycles. The highest BCUT2D eigenvalue weighted by molar-refractivity contribution is 5.76. The minimum atomic E-state index is -0.429. The van der Waals surface area contributed by atoms with E-state index in [1.54, 1.807) is 0 Å². The zero-order valence-electron chi connectivity index (χ0n) is 10.1. The maximum atomic E-state index is 11.7. The lowest BCUT2D eigenvalue weighted by atomic mass is 9.90. The number of carbonyl (C=O) groups is 1. The van der Waals surface area contributed by atoms with Gasteiger partial charge in [0.2, 0.25) is 5.91 Å². The molecular weight excluding hydrogens is 206 g/mol. The van der Waals surface area contributed by atoms with Gasteiger partial charge < -0.3 is 15.2 Å². The Bertz CT molecular complexity index is 212. The van der Waals surface area contributed by atoms with Crippen molar-refractivity contribution in [1.82, 2.24) is 5.32 Å². The van der Waals surface area contributed by atoms with E-state index in [2.05, 4.69) is 12.2 Å². The van der Waals surface area contributed by atoms with Gasteiger partial charge in [-0.2, -0.15) is 0 Å². The lowest BCUT2D eigenvalue weighted by Crippen LogP contribution is -2.54. The van der Waals surface area contributed by atoms with Crippen LogP contribution in [-0.2, 0) is 9.53 Å². The van der Waals surface area contributed by atoms with E-state index in [0.29, 0.717) is 32.5 Å². The van der Waals surface area contributed by atoms with Crippen LogP contribution in [0.15, 0.2) is 0 Å². The molecule has 0 aliphatic carbocycles. The maximum Gasteiger partial charge on any atom is 0.220 e. The van der Waals surface area contributed by atoms with Crippen molar-refractivity contribution in [2.75, 3.05) is 19.8 Å². The van der Waals surface area contributed by atoms with E-state index in [1.165, 1.54) is 0 Å². The van der Waals surface area contributed by atoms with E-state index in [4.69, 9.17) is 4.74 Å². The standard InChI is InChI=1S/C12H23NO3/c1-2-3-4-5-11(15)13-12(10-14)6-8-16-9-7-12/h14H,2-10H2,1H3,(H,13,15). The molecule has 1 aliphatic rings. The third-order valence-corrected chi connectivity index (χ3v) is 3.16. The molecular formula is C12H23NO3. The van der Waals surface area contributed by atoms with Crippen LogP contribution in [0.25, 0.3) is 0 Å². The summed E-state index contributed by atoms with van der Waals surface area (Å²) in [6, 6.07) is 0. The fourth-order valence-corrected chi connectivity index (χ4v) is 1.98. The van der Waals surface area contributed by atoms with Crippen molar-refractivity contribution in [3.63, 3.8) is 0 Å². The summed E-state index contributed by atoms with van der Waals surface area (Å²) in [6.45, 7) is 3.37. The summed E-state index contributed by atoms with van der Waals surface area (Å²) in [5.41, 5.74) is -0.429. The van der Waals surface area contributed by atoms with Crippen molar-refractivity contribution in [1.29, 1.82) is 0 Å². The number of ether oxygens (including phenoxy) is 1. The number of unbranched alkanes of at least 4 members (excludes halogenated alkanes) is 2. The van der Waals surface area contributed by atoms with Crippen molar-refractivity contribution in [3.8, 4) is 0 Å². The van der Waals surface area contributed by atoms with Gasteiger partial charge in [-0.15, -0.1) is 0 Å². The highest BCUT2D eigenvalue weighted by atomic mass is 16.5. The summed E-state index contributed by atoms with van der Waals surface area (Å²) < 4.78 is 5.24. The predicted octanol–water partition coefficient (Wildman–Crippen LogP) is 1.22. The van der Waals surface area contributed by atoms with Crippen molar-refractivity contribution < 1.29 is 14.6 Å². The van der Waals surface area contributed by atoms with Crippen LogP contribution in [0.2, 0.25) is 0 Å². The smallest absolute Gasteiger partial charge is 0.220 e. The summed E-state index contributed by atoms with van der Waals surface area (Å²) >= 11 is 0. The highest BCUT2D eigenvalue weighted by Gasteiger charge is 2.33. The van der Waals surface area contributed by atoms with Gasteiger partial charge in [-0.25, -0.2) is 0 Å². The normalized spacial score (nSPS) is 19.4. The van der Waals surface area contributed by atoms with Crippen molar-refractivity contribution in [3.05, 3.63) is 0 Å². The van der Waals surface area contributed by atoms with Crippen LogP contribution >= 0.6 is 0 Å². The van der Waals surface area contributed by atoms with Gasteiger partial charge >= 0.3 is 0 Å². The van der Waals surface area contributed by atoms with Gasteiger partial charge in [0.15, 0.2) is 0 Å². The first kappa shape index (κ1) is 13.5. The van der Waals surface area contributed by atoms with E-state index in [-0.39, 0.29) is 12.5 Å². The minimum absolute atomic E-state index is 0.00980. The second-order valence-electron chi connectivity index (χ2n) is 4.56.